The van der Waals surface area contributed by atoms with Crippen LogP contribution in [0.25, 0.3) is 0 Å². The van der Waals surface area contributed by atoms with Crippen LogP contribution in [-0.4, -0.2) is 48.6 Å². The third-order valence-corrected chi connectivity index (χ3v) is 2.43. The number of carbonyl (C=O) groups excluding carboxylic acids is 1. The van der Waals surface area contributed by atoms with Gasteiger partial charge in [-0.15, -0.1) is 0 Å². The third-order valence-electron chi connectivity index (χ3n) is 2.43. The Bertz CT molecular complexity index is 166. The van der Waals surface area contributed by atoms with E-state index in [9.17, 15) is 4.79 Å². The number of amides is 2. The third kappa shape index (κ3) is 2.59. The molecule has 2 amide bonds. The molecule has 0 aromatic carbocycles. The Labute approximate surface area is 79.7 Å². The Balaban J connectivity index is 2.42. The Morgan fingerprint density at radius 3 is 2.54 bits per heavy atom. The van der Waals surface area contributed by atoms with Gasteiger partial charge in [-0.25, -0.2) is 4.79 Å². The van der Waals surface area contributed by atoms with Crippen LogP contribution in [0.4, 0.5) is 4.79 Å². The van der Waals surface area contributed by atoms with Crippen LogP contribution in [-0.2, 0) is 0 Å². The SMILES string of the molecule is CCN(CCN)C(=O)N1CCCC1. The Hall–Kier alpha value is -0.770. The zero-order chi connectivity index (χ0) is 9.68. The highest BCUT2D eigenvalue weighted by Gasteiger charge is 2.21. The summed E-state index contributed by atoms with van der Waals surface area (Å²) in [5.41, 5.74) is 5.43. The molecule has 0 spiro atoms. The molecule has 0 aromatic heterocycles. The van der Waals surface area contributed by atoms with Crippen molar-refractivity contribution in [1.82, 2.24) is 9.80 Å². The van der Waals surface area contributed by atoms with Gasteiger partial charge >= 0.3 is 6.03 Å². The minimum absolute atomic E-state index is 0.158. The van der Waals surface area contributed by atoms with Crippen molar-refractivity contribution in [3.8, 4) is 0 Å². The Kier molecular flexibility index (Phi) is 4.02. The zero-order valence-electron chi connectivity index (χ0n) is 8.33. The first-order valence-electron chi connectivity index (χ1n) is 5.03. The summed E-state index contributed by atoms with van der Waals surface area (Å²) in [5, 5.41) is 0. The first kappa shape index (κ1) is 10.3. The summed E-state index contributed by atoms with van der Waals surface area (Å²) in [6.45, 7) is 5.80. The van der Waals surface area contributed by atoms with Crippen molar-refractivity contribution in [3.63, 3.8) is 0 Å². The number of likely N-dealkylation sites (tertiary alicyclic amines) is 1. The molecule has 0 radical (unpaired) electrons. The molecule has 0 bridgehead atoms. The summed E-state index contributed by atoms with van der Waals surface area (Å²) in [6.07, 6.45) is 2.29. The van der Waals surface area contributed by atoms with Gasteiger partial charge in [-0.05, 0) is 19.8 Å². The molecule has 4 nitrogen and oxygen atoms in total. The van der Waals surface area contributed by atoms with Gasteiger partial charge in [-0.1, -0.05) is 0 Å². The lowest BCUT2D eigenvalue weighted by molar-refractivity contribution is 0.166. The molecule has 1 saturated heterocycles. The van der Waals surface area contributed by atoms with E-state index >= 15 is 0 Å². The van der Waals surface area contributed by atoms with Crippen LogP contribution in [0.2, 0.25) is 0 Å². The monoisotopic (exact) mass is 185 g/mol. The number of nitrogens with two attached hydrogens (primary N) is 1. The Morgan fingerprint density at radius 1 is 1.46 bits per heavy atom. The average molecular weight is 185 g/mol. The molecule has 1 aliphatic rings. The largest absolute Gasteiger partial charge is 0.329 e. The normalized spacial score (nSPS) is 16.3. The van der Waals surface area contributed by atoms with Gasteiger partial charge in [0, 0.05) is 32.7 Å². The molecule has 0 saturated carbocycles. The number of carbonyl (C=O) groups is 1. The van der Waals surface area contributed by atoms with Crippen molar-refractivity contribution in [3.05, 3.63) is 0 Å². The number of nitrogens with zero attached hydrogens (tertiary/aromatic N) is 2. The molecule has 1 aliphatic heterocycles. The lowest BCUT2D eigenvalue weighted by atomic mass is 10.4. The van der Waals surface area contributed by atoms with E-state index in [-0.39, 0.29) is 6.03 Å². The topological polar surface area (TPSA) is 49.6 Å². The van der Waals surface area contributed by atoms with Crippen LogP contribution in [0, 0.1) is 0 Å². The molecule has 1 fully saturated rings. The highest BCUT2D eigenvalue weighted by atomic mass is 16.2. The minimum atomic E-state index is 0.158. The maximum atomic E-state index is 11.8. The summed E-state index contributed by atoms with van der Waals surface area (Å²) in [6, 6.07) is 0.158. The molecule has 0 atom stereocenters. The van der Waals surface area contributed by atoms with Crippen molar-refractivity contribution < 1.29 is 4.79 Å². The smallest absolute Gasteiger partial charge is 0.320 e. The summed E-state index contributed by atoms with van der Waals surface area (Å²) in [5.74, 6) is 0. The molecule has 0 unspecified atom stereocenters. The molecular formula is C9H19N3O. The van der Waals surface area contributed by atoms with Crippen molar-refractivity contribution >= 4 is 6.03 Å². The number of hydrogen-bond acceptors (Lipinski definition) is 2. The quantitative estimate of drug-likeness (QED) is 0.695. The fourth-order valence-electron chi connectivity index (χ4n) is 1.65. The van der Waals surface area contributed by atoms with Gasteiger partial charge in [0.1, 0.15) is 0 Å². The number of urea groups is 1. The summed E-state index contributed by atoms with van der Waals surface area (Å²) >= 11 is 0. The molecule has 1 heterocycles. The predicted molar refractivity (Wildman–Crippen MR) is 52.5 cm³/mol. The van der Waals surface area contributed by atoms with E-state index in [4.69, 9.17) is 5.73 Å². The lowest BCUT2D eigenvalue weighted by Gasteiger charge is -2.26. The second-order valence-corrected chi connectivity index (χ2v) is 3.35. The van der Waals surface area contributed by atoms with Crippen LogP contribution < -0.4 is 5.73 Å². The fourth-order valence-corrected chi connectivity index (χ4v) is 1.65. The molecule has 1 rings (SSSR count). The molecule has 2 N–H and O–H groups in total. The highest BCUT2D eigenvalue weighted by Crippen LogP contribution is 2.09. The number of likely N-dealkylation sites (N-methyl/N-ethyl adjacent to an activating group) is 1. The maximum Gasteiger partial charge on any atom is 0.320 e. The minimum Gasteiger partial charge on any atom is -0.329 e. The molecule has 76 valence electrons. The molecule has 4 heteroatoms. The highest BCUT2D eigenvalue weighted by molar-refractivity contribution is 5.74. The average Bonchev–Trinajstić information content (AvgIpc) is 2.65. The van der Waals surface area contributed by atoms with Crippen molar-refractivity contribution in [2.45, 2.75) is 19.8 Å². The second kappa shape index (κ2) is 5.07. The Morgan fingerprint density at radius 2 is 2.08 bits per heavy atom. The first-order valence-corrected chi connectivity index (χ1v) is 5.03. The summed E-state index contributed by atoms with van der Waals surface area (Å²) in [7, 11) is 0. The van der Waals surface area contributed by atoms with E-state index in [2.05, 4.69) is 0 Å². The maximum absolute atomic E-state index is 11.8. The molecular weight excluding hydrogens is 166 g/mol. The van der Waals surface area contributed by atoms with Gasteiger partial charge in [-0.2, -0.15) is 0 Å². The van der Waals surface area contributed by atoms with E-state index in [0.717, 1.165) is 32.5 Å². The first-order chi connectivity index (χ1) is 6.29. The van der Waals surface area contributed by atoms with E-state index in [1.165, 1.54) is 0 Å². The predicted octanol–water partition coefficient (Wildman–Crippen LogP) is 0.483. The van der Waals surface area contributed by atoms with Crippen molar-refractivity contribution in [2.24, 2.45) is 5.73 Å². The van der Waals surface area contributed by atoms with Gasteiger partial charge in [-0.3, -0.25) is 0 Å². The molecule has 0 aromatic rings. The van der Waals surface area contributed by atoms with Crippen LogP contribution >= 0.6 is 0 Å². The van der Waals surface area contributed by atoms with Gasteiger partial charge in [0.05, 0.1) is 0 Å². The standard InChI is InChI=1S/C9H19N3O/c1-2-11(8-5-10)9(13)12-6-3-4-7-12/h2-8,10H2,1H3. The van der Waals surface area contributed by atoms with E-state index < -0.39 is 0 Å². The van der Waals surface area contributed by atoms with Gasteiger partial charge in [0.25, 0.3) is 0 Å². The van der Waals surface area contributed by atoms with E-state index in [1.54, 1.807) is 0 Å². The summed E-state index contributed by atoms with van der Waals surface area (Å²) < 4.78 is 0. The number of rotatable bonds is 3. The second-order valence-electron chi connectivity index (χ2n) is 3.35. The van der Waals surface area contributed by atoms with E-state index in [0.29, 0.717) is 13.1 Å². The molecule has 13 heavy (non-hydrogen) atoms. The van der Waals surface area contributed by atoms with E-state index in [1.807, 2.05) is 16.7 Å². The fraction of sp³-hybridized carbons (Fsp3) is 0.889. The molecule has 0 aliphatic carbocycles. The van der Waals surface area contributed by atoms with Crippen LogP contribution in [0.5, 0.6) is 0 Å². The van der Waals surface area contributed by atoms with Gasteiger partial charge < -0.3 is 15.5 Å². The zero-order valence-corrected chi connectivity index (χ0v) is 8.33. The van der Waals surface area contributed by atoms with Gasteiger partial charge in [0.2, 0.25) is 0 Å². The van der Waals surface area contributed by atoms with Crippen LogP contribution in [0.3, 0.4) is 0 Å². The number of hydrogen-bond donors (Lipinski definition) is 1. The van der Waals surface area contributed by atoms with Crippen LogP contribution in [0.15, 0.2) is 0 Å². The summed E-state index contributed by atoms with van der Waals surface area (Å²) in [4.78, 5) is 15.5. The van der Waals surface area contributed by atoms with Crippen molar-refractivity contribution in [2.75, 3.05) is 32.7 Å². The lowest BCUT2D eigenvalue weighted by Crippen LogP contribution is -2.43. The van der Waals surface area contributed by atoms with Crippen LogP contribution in [0.1, 0.15) is 19.8 Å². The van der Waals surface area contributed by atoms with Gasteiger partial charge in [0.15, 0.2) is 0 Å². The van der Waals surface area contributed by atoms with Crippen molar-refractivity contribution in [1.29, 1.82) is 0 Å².